The van der Waals surface area contributed by atoms with Crippen LogP contribution >= 0.6 is 12.4 Å². The summed E-state index contributed by atoms with van der Waals surface area (Å²) in [6.07, 6.45) is 5.44. The molecule has 1 rings (SSSR count). The summed E-state index contributed by atoms with van der Waals surface area (Å²) in [6.45, 7) is 2.01. The van der Waals surface area contributed by atoms with E-state index in [-0.39, 0.29) is 12.4 Å². The van der Waals surface area contributed by atoms with Crippen molar-refractivity contribution in [1.29, 1.82) is 0 Å². The highest BCUT2D eigenvalue weighted by molar-refractivity contribution is 5.85. The van der Waals surface area contributed by atoms with Crippen molar-refractivity contribution in [1.82, 2.24) is 10.9 Å². The quantitative estimate of drug-likeness (QED) is 0.471. The first kappa shape index (κ1) is 7.95. The summed E-state index contributed by atoms with van der Waals surface area (Å²) < 4.78 is 0. The number of hydrogen-bond acceptors (Lipinski definition) is 2. The average Bonchev–Trinajstić information content (AvgIpc) is 1.90. The highest BCUT2D eigenvalue weighted by atomic mass is 35.5. The van der Waals surface area contributed by atoms with E-state index in [4.69, 9.17) is 0 Å². The molecule has 1 aliphatic rings. The third-order valence-corrected chi connectivity index (χ3v) is 0.948. The summed E-state index contributed by atoms with van der Waals surface area (Å²) >= 11 is 0. The largest absolute Gasteiger partial charge is 0.257 e. The second-order valence-corrected chi connectivity index (χ2v) is 1.57. The maximum atomic E-state index is 3.03. The minimum absolute atomic E-state index is 0. The van der Waals surface area contributed by atoms with Crippen LogP contribution in [0.25, 0.3) is 0 Å². The minimum Gasteiger partial charge on any atom is -0.257 e. The maximum absolute atomic E-state index is 3.03. The Balaban J connectivity index is 0.000000490. The van der Waals surface area contributed by atoms with Crippen molar-refractivity contribution >= 4 is 12.4 Å². The van der Waals surface area contributed by atoms with Gasteiger partial charge in [-0.1, -0.05) is 12.2 Å². The molecule has 8 heavy (non-hydrogen) atoms. The van der Waals surface area contributed by atoms with Gasteiger partial charge in [-0.05, 0) is 6.42 Å². The second kappa shape index (κ2) is 5.09. The fraction of sp³-hybridized carbons (Fsp3) is 0.600. The third-order valence-electron chi connectivity index (χ3n) is 0.948. The van der Waals surface area contributed by atoms with Crippen LogP contribution in [0.15, 0.2) is 12.2 Å². The summed E-state index contributed by atoms with van der Waals surface area (Å²) in [5, 5.41) is 0. The van der Waals surface area contributed by atoms with Crippen molar-refractivity contribution < 1.29 is 0 Å². The molecule has 0 fully saturated rings. The Hall–Kier alpha value is -0.0500. The van der Waals surface area contributed by atoms with Crippen molar-refractivity contribution in [2.24, 2.45) is 0 Å². The van der Waals surface area contributed by atoms with Crippen molar-refractivity contribution in [3.05, 3.63) is 12.2 Å². The van der Waals surface area contributed by atoms with E-state index >= 15 is 0 Å². The summed E-state index contributed by atoms with van der Waals surface area (Å²) in [6, 6.07) is 0. The number of nitrogens with one attached hydrogen (secondary N) is 2. The monoisotopic (exact) mass is 134 g/mol. The molecule has 0 saturated carbocycles. The van der Waals surface area contributed by atoms with E-state index in [0.717, 1.165) is 19.5 Å². The summed E-state index contributed by atoms with van der Waals surface area (Å²) in [7, 11) is 0. The van der Waals surface area contributed by atoms with E-state index in [0.29, 0.717) is 0 Å². The van der Waals surface area contributed by atoms with Crippen molar-refractivity contribution in [2.45, 2.75) is 6.42 Å². The van der Waals surface area contributed by atoms with Crippen molar-refractivity contribution in [3.8, 4) is 0 Å². The standard InChI is InChI=1S/C5H10N2.ClH/c1-2-4-6-7-5-3-1;/h1-2,6-7H,3-5H2;1H. The van der Waals surface area contributed by atoms with Gasteiger partial charge in [-0.15, -0.1) is 12.4 Å². The van der Waals surface area contributed by atoms with Crippen molar-refractivity contribution in [2.75, 3.05) is 13.1 Å². The molecule has 0 atom stereocenters. The van der Waals surface area contributed by atoms with Gasteiger partial charge in [-0.2, -0.15) is 0 Å². The molecule has 48 valence electrons. The Labute approximate surface area is 55.7 Å². The Morgan fingerprint density at radius 1 is 1.12 bits per heavy atom. The summed E-state index contributed by atoms with van der Waals surface area (Å²) in [4.78, 5) is 0. The SMILES string of the molecule is C1=CCNNCC1.Cl. The lowest BCUT2D eigenvalue weighted by molar-refractivity contribution is 0.586. The molecule has 3 heteroatoms. The number of hydrazine groups is 1. The smallest absolute Gasteiger partial charge is 0.0280 e. The van der Waals surface area contributed by atoms with Gasteiger partial charge in [0.1, 0.15) is 0 Å². The molecule has 0 aromatic rings. The highest BCUT2D eigenvalue weighted by Crippen LogP contribution is 1.80. The summed E-state index contributed by atoms with van der Waals surface area (Å²) in [5.74, 6) is 0. The van der Waals surface area contributed by atoms with Gasteiger partial charge in [-0.3, -0.25) is 10.9 Å². The molecule has 0 unspecified atom stereocenters. The molecule has 0 radical (unpaired) electrons. The Morgan fingerprint density at radius 2 is 2.00 bits per heavy atom. The van der Waals surface area contributed by atoms with Gasteiger partial charge in [0.15, 0.2) is 0 Å². The molecule has 0 amide bonds. The van der Waals surface area contributed by atoms with Gasteiger partial charge in [-0.25, -0.2) is 0 Å². The van der Waals surface area contributed by atoms with Crippen LogP contribution in [-0.2, 0) is 0 Å². The number of rotatable bonds is 0. The maximum Gasteiger partial charge on any atom is 0.0280 e. The van der Waals surface area contributed by atoms with Gasteiger partial charge in [0.25, 0.3) is 0 Å². The molecule has 2 nitrogen and oxygen atoms in total. The molecular formula is C5H11ClN2. The topological polar surface area (TPSA) is 24.1 Å². The average molecular weight is 135 g/mol. The highest BCUT2D eigenvalue weighted by Gasteiger charge is 1.84. The number of hydrogen-bond donors (Lipinski definition) is 2. The predicted molar refractivity (Wildman–Crippen MR) is 37.0 cm³/mol. The van der Waals surface area contributed by atoms with Crippen LogP contribution in [0.1, 0.15) is 6.42 Å². The molecule has 0 aromatic carbocycles. The zero-order valence-corrected chi connectivity index (χ0v) is 5.50. The van der Waals surface area contributed by atoms with E-state index in [2.05, 4.69) is 23.0 Å². The zero-order chi connectivity index (χ0) is 4.95. The molecule has 1 aliphatic heterocycles. The molecular weight excluding hydrogens is 124 g/mol. The van der Waals surface area contributed by atoms with E-state index in [9.17, 15) is 0 Å². The Bertz CT molecular complexity index is 64.8. The molecule has 1 heterocycles. The fourth-order valence-corrected chi connectivity index (χ4v) is 0.576. The molecule has 0 bridgehead atoms. The van der Waals surface area contributed by atoms with Crippen LogP contribution < -0.4 is 10.9 Å². The van der Waals surface area contributed by atoms with Crippen LogP contribution in [0.4, 0.5) is 0 Å². The lowest BCUT2D eigenvalue weighted by atomic mass is 10.4. The van der Waals surface area contributed by atoms with E-state index in [1.54, 1.807) is 0 Å². The lowest BCUT2D eigenvalue weighted by Crippen LogP contribution is -2.30. The van der Waals surface area contributed by atoms with Crippen LogP contribution in [0, 0.1) is 0 Å². The summed E-state index contributed by atoms with van der Waals surface area (Å²) in [5.41, 5.74) is 6.05. The lowest BCUT2D eigenvalue weighted by Gasteiger charge is -1.95. The Morgan fingerprint density at radius 3 is 2.88 bits per heavy atom. The predicted octanol–water partition coefficient (Wildman–Crippen LogP) is 0.462. The second-order valence-electron chi connectivity index (χ2n) is 1.57. The van der Waals surface area contributed by atoms with Crippen LogP contribution in [0.3, 0.4) is 0 Å². The third kappa shape index (κ3) is 3.02. The van der Waals surface area contributed by atoms with Gasteiger partial charge in [0, 0.05) is 13.1 Å². The van der Waals surface area contributed by atoms with E-state index in [1.807, 2.05) is 0 Å². The van der Waals surface area contributed by atoms with Gasteiger partial charge in [0.2, 0.25) is 0 Å². The molecule has 0 aliphatic carbocycles. The van der Waals surface area contributed by atoms with Crippen LogP contribution in [0.2, 0.25) is 0 Å². The first-order chi connectivity index (χ1) is 3.50. The van der Waals surface area contributed by atoms with Gasteiger partial charge in [0.05, 0.1) is 0 Å². The number of halogens is 1. The van der Waals surface area contributed by atoms with Crippen molar-refractivity contribution in [3.63, 3.8) is 0 Å². The first-order valence-electron chi connectivity index (χ1n) is 2.61. The molecule has 2 N–H and O–H groups in total. The van der Waals surface area contributed by atoms with Gasteiger partial charge >= 0.3 is 0 Å². The fourth-order valence-electron chi connectivity index (χ4n) is 0.576. The first-order valence-corrected chi connectivity index (χ1v) is 2.61. The zero-order valence-electron chi connectivity index (χ0n) is 4.68. The molecule has 0 aromatic heterocycles. The van der Waals surface area contributed by atoms with Crippen LogP contribution in [-0.4, -0.2) is 13.1 Å². The Kier molecular flexibility index (Phi) is 5.06. The molecule has 0 saturated heterocycles. The van der Waals surface area contributed by atoms with Gasteiger partial charge < -0.3 is 0 Å². The molecule has 0 spiro atoms. The minimum atomic E-state index is 0. The normalized spacial score (nSPS) is 19.0. The van der Waals surface area contributed by atoms with E-state index < -0.39 is 0 Å². The van der Waals surface area contributed by atoms with E-state index in [1.165, 1.54) is 0 Å². The van der Waals surface area contributed by atoms with Crippen LogP contribution in [0.5, 0.6) is 0 Å².